The third-order valence-corrected chi connectivity index (χ3v) is 4.76. The molecule has 0 aliphatic rings. The Morgan fingerprint density at radius 2 is 1.56 bits per heavy atom. The molecule has 0 aromatic heterocycles. The molecular formula is C18H11Cl3N2OS. The second-order valence-electron chi connectivity index (χ2n) is 5.18. The number of carbonyl (C=O) groups excluding carboxylic acids is 1. The summed E-state index contributed by atoms with van der Waals surface area (Å²) in [5, 5.41) is 8.43. The van der Waals surface area contributed by atoms with Gasteiger partial charge in [0.05, 0.1) is 20.8 Å². The highest BCUT2D eigenvalue weighted by Crippen LogP contribution is 2.32. The molecule has 0 heterocycles. The Bertz CT molecular complexity index is 986. The van der Waals surface area contributed by atoms with Gasteiger partial charge in [-0.25, -0.2) is 0 Å². The summed E-state index contributed by atoms with van der Waals surface area (Å²) in [6, 6.07) is 16.2. The molecule has 2 N–H and O–H groups in total. The number of benzene rings is 3. The largest absolute Gasteiger partial charge is 0.331 e. The predicted octanol–water partition coefficient (Wildman–Crippen LogP) is 5.93. The summed E-state index contributed by atoms with van der Waals surface area (Å²) < 4.78 is 0. The first-order valence-electron chi connectivity index (χ1n) is 7.20. The number of carbonyl (C=O) groups is 1. The van der Waals surface area contributed by atoms with Crippen LogP contribution in [0.25, 0.3) is 10.8 Å². The molecule has 126 valence electrons. The molecule has 0 aliphatic heterocycles. The van der Waals surface area contributed by atoms with Crippen LogP contribution in [0.1, 0.15) is 10.4 Å². The maximum Gasteiger partial charge on any atom is 0.258 e. The van der Waals surface area contributed by atoms with Crippen molar-refractivity contribution < 1.29 is 4.79 Å². The van der Waals surface area contributed by atoms with E-state index in [1.54, 1.807) is 12.1 Å². The minimum Gasteiger partial charge on any atom is -0.331 e. The fourth-order valence-electron chi connectivity index (χ4n) is 2.37. The first kappa shape index (κ1) is 18.0. The van der Waals surface area contributed by atoms with Crippen molar-refractivity contribution in [1.29, 1.82) is 0 Å². The van der Waals surface area contributed by atoms with Crippen molar-refractivity contribution in [3.05, 3.63) is 75.2 Å². The van der Waals surface area contributed by atoms with Gasteiger partial charge in [0.1, 0.15) is 0 Å². The van der Waals surface area contributed by atoms with Gasteiger partial charge in [-0.1, -0.05) is 71.2 Å². The van der Waals surface area contributed by atoms with E-state index in [0.29, 0.717) is 26.3 Å². The average Bonchev–Trinajstić information content (AvgIpc) is 2.59. The van der Waals surface area contributed by atoms with Crippen molar-refractivity contribution in [2.75, 3.05) is 5.32 Å². The number of halogens is 3. The Balaban J connectivity index is 1.79. The van der Waals surface area contributed by atoms with Gasteiger partial charge >= 0.3 is 0 Å². The zero-order chi connectivity index (χ0) is 18.0. The Morgan fingerprint density at radius 1 is 0.880 bits per heavy atom. The van der Waals surface area contributed by atoms with Crippen LogP contribution in [0, 0.1) is 0 Å². The van der Waals surface area contributed by atoms with Crippen molar-refractivity contribution in [1.82, 2.24) is 5.32 Å². The molecular weight excluding hydrogens is 399 g/mol. The van der Waals surface area contributed by atoms with E-state index >= 15 is 0 Å². The summed E-state index contributed by atoms with van der Waals surface area (Å²) in [6.45, 7) is 0. The van der Waals surface area contributed by atoms with E-state index < -0.39 is 0 Å². The highest BCUT2D eigenvalue weighted by molar-refractivity contribution is 7.80. The number of fused-ring (bicyclic) bond motifs is 1. The van der Waals surface area contributed by atoms with E-state index in [1.807, 2.05) is 36.4 Å². The van der Waals surface area contributed by atoms with Crippen molar-refractivity contribution >= 4 is 74.5 Å². The quantitative estimate of drug-likeness (QED) is 0.407. The number of thiocarbonyl (C=S) groups is 1. The van der Waals surface area contributed by atoms with Crippen LogP contribution in [0.5, 0.6) is 0 Å². The smallest absolute Gasteiger partial charge is 0.258 e. The van der Waals surface area contributed by atoms with Gasteiger partial charge in [-0.15, -0.1) is 0 Å². The van der Waals surface area contributed by atoms with Gasteiger partial charge < -0.3 is 5.32 Å². The van der Waals surface area contributed by atoms with E-state index in [0.717, 1.165) is 10.8 Å². The molecule has 7 heteroatoms. The molecule has 1 amide bonds. The normalized spacial score (nSPS) is 10.5. The zero-order valence-corrected chi connectivity index (χ0v) is 15.7. The summed E-state index contributed by atoms with van der Waals surface area (Å²) in [6.07, 6.45) is 0. The van der Waals surface area contributed by atoms with Gasteiger partial charge in [0.25, 0.3) is 5.91 Å². The van der Waals surface area contributed by atoms with Crippen LogP contribution in [0.15, 0.2) is 54.6 Å². The molecule has 3 rings (SSSR count). The number of anilines is 1. The van der Waals surface area contributed by atoms with Crippen molar-refractivity contribution in [3.63, 3.8) is 0 Å². The van der Waals surface area contributed by atoms with Crippen molar-refractivity contribution in [2.24, 2.45) is 0 Å². The molecule has 0 atom stereocenters. The lowest BCUT2D eigenvalue weighted by Gasteiger charge is -2.12. The van der Waals surface area contributed by atoms with Gasteiger partial charge in [0.2, 0.25) is 0 Å². The van der Waals surface area contributed by atoms with Gasteiger partial charge in [-0.2, -0.15) is 0 Å². The average molecular weight is 410 g/mol. The monoisotopic (exact) mass is 408 g/mol. The van der Waals surface area contributed by atoms with E-state index in [-0.39, 0.29) is 11.0 Å². The third-order valence-electron chi connectivity index (χ3n) is 3.52. The third kappa shape index (κ3) is 4.05. The Labute approximate surface area is 164 Å². The van der Waals surface area contributed by atoms with Gasteiger partial charge in [-0.05, 0) is 41.2 Å². The maximum absolute atomic E-state index is 12.5. The van der Waals surface area contributed by atoms with Crippen molar-refractivity contribution in [2.45, 2.75) is 0 Å². The van der Waals surface area contributed by atoms with Gasteiger partial charge in [-0.3, -0.25) is 10.1 Å². The minimum absolute atomic E-state index is 0.109. The lowest BCUT2D eigenvalue weighted by Crippen LogP contribution is -2.34. The van der Waals surface area contributed by atoms with Crippen LogP contribution < -0.4 is 10.6 Å². The maximum atomic E-state index is 12.5. The van der Waals surface area contributed by atoms with E-state index in [9.17, 15) is 4.79 Å². The number of nitrogens with one attached hydrogen (secondary N) is 2. The van der Waals surface area contributed by atoms with Crippen LogP contribution in [-0.4, -0.2) is 11.0 Å². The number of rotatable bonds is 2. The Morgan fingerprint density at radius 3 is 2.36 bits per heavy atom. The molecule has 0 saturated carbocycles. The van der Waals surface area contributed by atoms with Crippen molar-refractivity contribution in [3.8, 4) is 0 Å². The fourth-order valence-corrected chi connectivity index (χ4v) is 3.16. The number of amides is 1. The van der Waals surface area contributed by atoms with Crippen LogP contribution in [0.3, 0.4) is 0 Å². The van der Waals surface area contributed by atoms with Crippen LogP contribution in [0.4, 0.5) is 5.69 Å². The van der Waals surface area contributed by atoms with Crippen LogP contribution in [-0.2, 0) is 0 Å². The standard InChI is InChI=1S/C18H11Cl3N2OS/c19-13-8-15(21)16(9-14(13)20)22-18(25)23-17(24)12-7-3-5-10-4-1-2-6-11(10)12/h1-9H,(H2,22,23,24,25). The lowest BCUT2D eigenvalue weighted by atomic mass is 10.0. The number of hydrogen-bond donors (Lipinski definition) is 2. The SMILES string of the molecule is O=C(NC(=S)Nc1cc(Cl)c(Cl)cc1Cl)c1cccc2ccccc12. The Hall–Kier alpha value is -1.85. The lowest BCUT2D eigenvalue weighted by molar-refractivity contribution is 0.0979. The number of hydrogen-bond acceptors (Lipinski definition) is 2. The topological polar surface area (TPSA) is 41.1 Å². The van der Waals surface area contributed by atoms with Crippen LogP contribution in [0.2, 0.25) is 15.1 Å². The Kier molecular flexibility index (Phi) is 5.45. The summed E-state index contributed by atoms with van der Waals surface area (Å²) in [5.74, 6) is -0.314. The molecule has 0 spiro atoms. The summed E-state index contributed by atoms with van der Waals surface area (Å²) in [4.78, 5) is 12.5. The molecule has 0 fully saturated rings. The second-order valence-corrected chi connectivity index (χ2v) is 6.81. The summed E-state index contributed by atoms with van der Waals surface area (Å²) >= 11 is 23.2. The first-order chi connectivity index (χ1) is 12.0. The van der Waals surface area contributed by atoms with Gasteiger partial charge in [0, 0.05) is 5.56 Å². The van der Waals surface area contributed by atoms with E-state index in [1.165, 1.54) is 6.07 Å². The molecule has 0 bridgehead atoms. The molecule has 0 aliphatic carbocycles. The summed E-state index contributed by atoms with van der Waals surface area (Å²) in [7, 11) is 0. The molecule has 3 nitrogen and oxygen atoms in total. The minimum atomic E-state index is -0.314. The van der Waals surface area contributed by atoms with Gasteiger partial charge in [0.15, 0.2) is 5.11 Å². The first-order valence-corrected chi connectivity index (χ1v) is 8.74. The predicted molar refractivity (Wildman–Crippen MR) is 109 cm³/mol. The van der Waals surface area contributed by atoms with Crippen LogP contribution >= 0.6 is 47.0 Å². The molecule has 0 saturated heterocycles. The van der Waals surface area contributed by atoms with E-state index in [4.69, 9.17) is 47.0 Å². The molecule has 0 radical (unpaired) electrons. The molecule has 25 heavy (non-hydrogen) atoms. The zero-order valence-electron chi connectivity index (χ0n) is 12.6. The summed E-state index contributed by atoms with van der Waals surface area (Å²) in [5.41, 5.74) is 0.988. The highest BCUT2D eigenvalue weighted by atomic mass is 35.5. The second kappa shape index (κ2) is 7.58. The highest BCUT2D eigenvalue weighted by Gasteiger charge is 2.13. The van der Waals surface area contributed by atoms with E-state index in [2.05, 4.69) is 10.6 Å². The molecule has 3 aromatic carbocycles. The molecule has 3 aromatic rings. The fraction of sp³-hybridized carbons (Fsp3) is 0. The molecule has 0 unspecified atom stereocenters.